The van der Waals surface area contributed by atoms with E-state index in [2.05, 4.69) is 30.9 Å². The van der Waals surface area contributed by atoms with Crippen molar-refractivity contribution in [2.75, 3.05) is 23.1 Å². The Bertz CT molecular complexity index is 1610. The summed E-state index contributed by atoms with van der Waals surface area (Å²) in [5.41, 5.74) is 4.34. The molecule has 180 valence electrons. The van der Waals surface area contributed by atoms with Crippen LogP contribution in [0.2, 0.25) is 0 Å². The van der Waals surface area contributed by atoms with Gasteiger partial charge >= 0.3 is 5.76 Å². The van der Waals surface area contributed by atoms with E-state index in [1.54, 1.807) is 42.6 Å². The molecular weight excluding hydrogens is 460 g/mol. The lowest BCUT2D eigenvalue weighted by molar-refractivity contribution is 0.102. The van der Waals surface area contributed by atoms with E-state index in [1.807, 2.05) is 37.3 Å². The second kappa shape index (κ2) is 9.63. The third kappa shape index (κ3) is 4.87. The molecule has 3 aromatic carbocycles. The number of nitrogens with one attached hydrogen (secondary N) is 4. The molecule has 0 radical (unpaired) electrons. The van der Waals surface area contributed by atoms with Crippen LogP contribution in [0, 0.1) is 6.92 Å². The fourth-order valence-corrected chi connectivity index (χ4v) is 3.60. The third-order valence-corrected chi connectivity index (χ3v) is 5.39. The van der Waals surface area contributed by atoms with Gasteiger partial charge in [0.15, 0.2) is 5.58 Å². The average Bonchev–Trinajstić information content (AvgIpc) is 3.26. The van der Waals surface area contributed by atoms with Crippen LogP contribution in [0.3, 0.4) is 0 Å². The topological polar surface area (TPSA) is 134 Å². The predicted octanol–water partition coefficient (Wildman–Crippen LogP) is 4.97. The highest BCUT2D eigenvalue weighted by Crippen LogP contribution is 2.27. The molecule has 0 spiro atoms. The molecule has 0 saturated carbocycles. The van der Waals surface area contributed by atoms with Gasteiger partial charge in [-0.25, -0.2) is 9.78 Å². The summed E-state index contributed by atoms with van der Waals surface area (Å²) in [5.74, 6) is 0.554. The smallest absolute Gasteiger partial charge is 0.417 e. The molecular formula is C26H22N6O4. The average molecular weight is 483 g/mol. The first-order valence-corrected chi connectivity index (χ1v) is 11.0. The number of nitrogens with zero attached hydrogens (tertiary/aromatic N) is 2. The van der Waals surface area contributed by atoms with Crippen LogP contribution in [-0.4, -0.2) is 28.0 Å². The number of aromatic nitrogens is 3. The van der Waals surface area contributed by atoms with Crippen molar-refractivity contribution in [3.8, 4) is 5.75 Å². The minimum absolute atomic E-state index is 0.279. The number of carbonyl (C=O) groups excluding carboxylic acids is 1. The first-order chi connectivity index (χ1) is 17.5. The molecule has 10 heteroatoms. The maximum Gasteiger partial charge on any atom is 0.417 e. The summed E-state index contributed by atoms with van der Waals surface area (Å²) in [6.07, 6.45) is 1.69. The number of H-pyrrole nitrogens is 1. The van der Waals surface area contributed by atoms with E-state index in [1.165, 1.54) is 7.11 Å². The van der Waals surface area contributed by atoms with E-state index in [0.29, 0.717) is 45.6 Å². The number of hydrogen-bond donors (Lipinski definition) is 4. The van der Waals surface area contributed by atoms with E-state index in [-0.39, 0.29) is 5.91 Å². The van der Waals surface area contributed by atoms with Crippen molar-refractivity contribution < 1.29 is 13.9 Å². The molecule has 5 rings (SSSR count). The number of rotatable bonds is 7. The summed E-state index contributed by atoms with van der Waals surface area (Å²) in [4.78, 5) is 35.7. The highest BCUT2D eigenvalue weighted by Gasteiger charge is 2.14. The number of carbonyl (C=O) groups is 1. The molecule has 10 nitrogen and oxygen atoms in total. The third-order valence-electron chi connectivity index (χ3n) is 5.39. The number of ether oxygens (including phenoxy) is 1. The van der Waals surface area contributed by atoms with Crippen molar-refractivity contribution in [3.63, 3.8) is 0 Å². The zero-order chi connectivity index (χ0) is 25.1. The molecule has 0 saturated heterocycles. The second-order valence-corrected chi connectivity index (χ2v) is 7.94. The number of fused-ring (bicyclic) bond motifs is 1. The highest BCUT2D eigenvalue weighted by atomic mass is 16.5. The normalized spacial score (nSPS) is 10.7. The lowest BCUT2D eigenvalue weighted by atomic mass is 10.1. The summed E-state index contributed by atoms with van der Waals surface area (Å²) in [6.45, 7) is 1.88. The van der Waals surface area contributed by atoms with Gasteiger partial charge in [0.1, 0.15) is 11.6 Å². The molecule has 0 unspecified atom stereocenters. The van der Waals surface area contributed by atoms with Gasteiger partial charge in [-0.1, -0.05) is 18.2 Å². The van der Waals surface area contributed by atoms with Crippen LogP contribution >= 0.6 is 0 Å². The van der Waals surface area contributed by atoms with Gasteiger partial charge in [0, 0.05) is 34.9 Å². The van der Waals surface area contributed by atoms with Gasteiger partial charge in [0.25, 0.3) is 5.91 Å². The van der Waals surface area contributed by atoms with Crippen molar-refractivity contribution >= 4 is 45.8 Å². The Morgan fingerprint density at radius 2 is 1.75 bits per heavy atom. The van der Waals surface area contributed by atoms with Crippen LogP contribution in [0.4, 0.5) is 28.8 Å². The molecule has 5 aromatic rings. The molecule has 0 aliphatic carbocycles. The first kappa shape index (κ1) is 22.7. The second-order valence-electron chi connectivity index (χ2n) is 7.94. The Balaban J connectivity index is 1.34. The standard InChI is InChI=1S/C26H22N6O4/c1-15-14-27-25(32-23(15)28-17-9-11-21-20(12-17)31-26(34)36-21)30-18-8-10-19(22(13-18)35-2)24(33)29-16-6-4-3-5-7-16/h3-14H,1-2H3,(H,29,33)(H,31,34)(H2,27,28,30,32). The van der Waals surface area contributed by atoms with Crippen molar-refractivity contribution in [2.24, 2.45) is 0 Å². The Kier molecular flexibility index (Phi) is 6.06. The van der Waals surface area contributed by atoms with Crippen LogP contribution in [0.25, 0.3) is 11.1 Å². The number of anilines is 5. The minimum atomic E-state index is -0.508. The SMILES string of the molecule is COc1cc(Nc2ncc(C)c(Nc3ccc4oc(=O)[nH]c4c3)n2)ccc1C(=O)Nc1ccccc1. The summed E-state index contributed by atoms with van der Waals surface area (Å²) in [5, 5.41) is 9.24. The van der Waals surface area contributed by atoms with Crippen molar-refractivity contribution in [1.29, 1.82) is 0 Å². The van der Waals surface area contributed by atoms with Gasteiger partial charge in [-0.2, -0.15) is 4.98 Å². The molecule has 0 atom stereocenters. The molecule has 4 N–H and O–H groups in total. The Morgan fingerprint density at radius 1 is 0.972 bits per heavy atom. The summed E-state index contributed by atoms with van der Waals surface area (Å²) in [6, 6.07) is 19.6. The largest absolute Gasteiger partial charge is 0.496 e. The zero-order valence-electron chi connectivity index (χ0n) is 19.5. The van der Waals surface area contributed by atoms with E-state index in [4.69, 9.17) is 9.15 Å². The first-order valence-electron chi connectivity index (χ1n) is 11.0. The number of oxazole rings is 1. The van der Waals surface area contributed by atoms with Gasteiger partial charge < -0.3 is 25.1 Å². The summed E-state index contributed by atoms with van der Waals surface area (Å²) in [7, 11) is 1.51. The number of para-hydroxylation sites is 1. The molecule has 2 heterocycles. The fraction of sp³-hybridized carbons (Fsp3) is 0.0769. The maximum atomic E-state index is 12.7. The van der Waals surface area contributed by atoms with Crippen molar-refractivity contribution in [1.82, 2.24) is 15.0 Å². The molecule has 1 amide bonds. The van der Waals surface area contributed by atoms with E-state index >= 15 is 0 Å². The zero-order valence-corrected chi connectivity index (χ0v) is 19.5. The monoisotopic (exact) mass is 482 g/mol. The molecule has 0 bridgehead atoms. The number of amides is 1. The van der Waals surface area contributed by atoms with E-state index in [0.717, 1.165) is 11.3 Å². The lowest BCUT2D eigenvalue weighted by Crippen LogP contribution is -2.13. The van der Waals surface area contributed by atoms with Gasteiger partial charge in [0.05, 0.1) is 18.2 Å². The number of methoxy groups -OCH3 is 1. The summed E-state index contributed by atoms with van der Waals surface area (Å²) >= 11 is 0. The molecule has 2 aromatic heterocycles. The van der Waals surface area contributed by atoms with Crippen LogP contribution < -0.4 is 26.4 Å². The highest BCUT2D eigenvalue weighted by molar-refractivity contribution is 6.06. The van der Waals surface area contributed by atoms with E-state index < -0.39 is 5.76 Å². The Labute approximate surface area is 205 Å². The van der Waals surface area contributed by atoms with Gasteiger partial charge in [-0.15, -0.1) is 0 Å². The lowest BCUT2D eigenvalue weighted by Gasteiger charge is -2.13. The number of aryl methyl sites for hydroxylation is 1. The quantitative estimate of drug-likeness (QED) is 0.256. The van der Waals surface area contributed by atoms with Crippen LogP contribution in [0.1, 0.15) is 15.9 Å². The van der Waals surface area contributed by atoms with Crippen molar-refractivity contribution in [2.45, 2.75) is 6.92 Å². The van der Waals surface area contributed by atoms with Gasteiger partial charge in [-0.3, -0.25) is 9.78 Å². The Hall–Kier alpha value is -5.12. The number of hydrogen-bond acceptors (Lipinski definition) is 8. The molecule has 0 aliphatic rings. The van der Waals surface area contributed by atoms with E-state index in [9.17, 15) is 9.59 Å². The number of aromatic amines is 1. The predicted molar refractivity (Wildman–Crippen MR) is 138 cm³/mol. The molecule has 36 heavy (non-hydrogen) atoms. The van der Waals surface area contributed by atoms with Gasteiger partial charge in [-0.05, 0) is 49.4 Å². The maximum absolute atomic E-state index is 12.7. The Morgan fingerprint density at radius 3 is 2.56 bits per heavy atom. The minimum Gasteiger partial charge on any atom is -0.496 e. The van der Waals surface area contributed by atoms with Crippen LogP contribution in [-0.2, 0) is 0 Å². The molecule has 0 fully saturated rings. The van der Waals surface area contributed by atoms with Crippen LogP contribution in [0.15, 0.2) is 82.1 Å². The van der Waals surface area contributed by atoms with Crippen molar-refractivity contribution in [3.05, 3.63) is 94.6 Å². The van der Waals surface area contributed by atoms with Gasteiger partial charge in [0.2, 0.25) is 5.95 Å². The number of benzene rings is 3. The fourth-order valence-electron chi connectivity index (χ4n) is 3.60. The molecule has 0 aliphatic heterocycles. The van der Waals surface area contributed by atoms with Crippen LogP contribution in [0.5, 0.6) is 5.75 Å². The summed E-state index contributed by atoms with van der Waals surface area (Å²) < 4.78 is 10.5.